The van der Waals surface area contributed by atoms with Crippen LogP contribution in [0.1, 0.15) is 105 Å². The fraction of sp³-hybridized carbons (Fsp3) is 0.625. The SMILES string of the molecule is CC[Si](CC)(CC)O[C@@H](CN(CCOc1ccc2c(C(F)(F)F)nn(C3CCCCO3)c2c1)C(=O)OC(C)(C)C)c1cccc(N(C(=O)OC(C)(C)C)S(C)(=O)=O)c1. The van der Waals surface area contributed by atoms with Crippen molar-refractivity contribution in [2.75, 3.05) is 36.9 Å². The Balaban J connectivity index is 1.71. The fourth-order valence-corrected chi connectivity index (χ4v) is 10.3. The summed E-state index contributed by atoms with van der Waals surface area (Å²) in [5, 5.41) is 3.85. The van der Waals surface area contributed by atoms with E-state index in [-0.39, 0.29) is 42.0 Å². The summed E-state index contributed by atoms with van der Waals surface area (Å²) in [4.78, 5) is 28.6. The monoisotopic (exact) mass is 856 g/mol. The molecular weight excluding hydrogens is 798 g/mol. The van der Waals surface area contributed by atoms with Crippen LogP contribution in [0.25, 0.3) is 10.9 Å². The van der Waals surface area contributed by atoms with Crippen LogP contribution in [-0.4, -0.2) is 87.4 Å². The van der Waals surface area contributed by atoms with Crippen molar-refractivity contribution in [3.05, 3.63) is 53.7 Å². The molecule has 2 atom stereocenters. The van der Waals surface area contributed by atoms with E-state index in [2.05, 4.69) is 25.9 Å². The van der Waals surface area contributed by atoms with E-state index in [1.54, 1.807) is 59.7 Å². The minimum atomic E-state index is -4.68. The van der Waals surface area contributed by atoms with Gasteiger partial charge in [0.2, 0.25) is 10.0 Å². The molecule has 0 N–H and O–H groups in total. The van der Waals surface area contributed by atoms with Crippen LogP contribution >= 0.6 is 0 Å². The van der Waals surface area contributed by atoms with Gasteiger partial charge in [-0.1, -0.05) is 32.9 Å². The maximum absolute atomic E-state index is 14.0. The smallest absolute Gasteiger partial charge is 0.435 e. The van der Waals surface area contributed by atoms with Gasteiger partial charge in [0.05, 0.1) is 36.7 Å². The van der Waals surface area contributed by atoms with Gasteiger partial charge in [-0.3, -0.25) is 0 Å². The Morgan fingerprint density at radius 3 is 2.14 bits per heavy atom. The minimum absolute atomic E-state index is 0.0163. The number of carbonyl (C=O) groups is 2. The van der Waals surface area contributed by atoms with E-state index >= 15 is 0 Å². The molecule has 2 heterocycles. The van der Waals surface area contributed by atoms with Crippen molar-refractivity contribution in [2.24, 2.45) is 0 Å². The average Bonchev–Trinajstić information content (AvgIpc) is 3.51. The van der Waals surface area contributed by atoms with Gasteiger partial charge in [-0.2, -0.15) is 22.6 Å². The van der Waals surface area contributed by atoms with E-state index in [0.29, 0.717) is 22.9 Å². The summed E-state index contributed by atoms with van der Waals surface area (Å²) < 4.78 is 100. The standard InChI is InChI=1S/C40H59F3N4O9SSi/c1-11-58(12-2,13-3)56-33(28-17-16-18-29(25-28)47(57(10,50)51)37(49)55-39(7,8)9)27-45(36(48)54-38(4,5)6)22-24-52-30-20-21-31-32(26-30)46(34-19-14-15-23-53-34)44-35(31)40(41,42)43/h16-18,20-21,25-26,33-34H,11-15,19,22-24,27H2,1-10H3/t33-,34?/m0/s1. The van der Waals surface area contributed by atoms with E-state index in [1.165, 1.54) is 33.8 Å². The number of rotatable bonds is 15. The Hall–Kier alpha value is -3.87. The lowest BCUT2D eigenvalue weighted by atomic mass is 10.1. The number of hydrogen-bond donors (Lipinski definition) is 0. The van der Waals surface area contributed by atoms with Crippen molar-refractivity contribution in [1.29, 1.82) is 0 Å². The molecule has 58 heavy (non-hydrogen) atoms. The fourth-order valence-electron chi connectivity index (χ4n) is 6.71. The summed E-state index contributed by atoms with van der Waals surface area (Å²) in [5.74, 6) is 0.264. The molecule has 13 nitrogen and oxygen atoms in total. The molecule has 3 aromatic rings. The van der Waals surface area contributed by atoms with Crippen LogP contribution < -0.4 is 9.04 Å². The van der Waals surface area contributed by atoms with Gasteiger partial charge in [-0.25, -0.2) is 22.7 Å². The number of halogens is 3. The van der Waals surface area contributed by atoms with E-state index in [1.807, 2.05) is 0 Å². The number of ether oxygens (including phenoxy) is 4. The Labute approximate surface area is 341 Å². The lowest BCUT2D eigenvalue weighted by Gasteiger charge is -2.37. The van der Waals surface area contributed by atoms with Crippen molar-refractivity contribution >= 4 is 47.1 Å². The number of carbonyl (C=O) groups excluding carboxylic acids is 2. The highest BCUT2D eigenvalue weighted by Gasteiger charge is 2.39. The van der Waals surface area contributed by atoms with Crippen LogP contribution in [0, 0.1) is 0 Å². The van der Waals surface area contributed by atoms with Gasteiger partial charge in [0, 0.05) is 18.1 Å². The predicted octanol–water partition coefficient (Wildman–Crippen LogP) is 9.83. The van der Waals surface area contributed by atoms with Gasteiger partial charge in [-0.05, 0) is 109 Å². The van der Waals surface area contributed by atoms with E-state index in [9.17, 15) is 31.2 Å². The Morgan fingerprint density at radius 2 is 1.59 bits per heavy atom. The van der Waals surface area contributed by atoms with Crippen molar-refractivity contribution in [3.8, 4) is 5.75 Å². The first-order valence-electron chi connectivity index (χ1n) is 19.7. The molecule has 0 bridgehead atoms. The van der Waals surface area contributed by atoms with E-state index < -0.39 is 65.9 Å². The van der Waals surface area contributed by atoms with Crippen molar-refractivity contribution < 1.29 is 54.6 Å². The highest BCUT2D eigenvalue weighted by molar-refractivity contribution is 7.92. The summed E-state index contributed by atoms with van der Waals surface area (Å²) in [6.45, 7) is 16.6. The first kappa shape index (κ1) is 46.8. The number of amides is 2. The van der Waals surface area contributed by atoms with Crippen LogP contribution in [0.3, 0.4) is 0 Å². The molecule has 1 aliphatic rings. The van der Waals surface area contributed by atoms with Gasteiger partial charge in [0.1, 0.15) is 23.6 Å². The minimum Gasteiger partial charge on any atom is -0.492 e. The van der Waals surface area contributed by atoms with Crippen LogP contribution in [0.2, 0.25) is 18.1 Å². The lowest BCUT2D eigenvalue weighted by molar-refractivity contribution is -0.141. The van der Waals surface area contributed by atoms with Gasteiger partial charge < -0.3 is 28.3 Å². The molecule has 2 amide bonds. The zero-order valence-corrected chi connectivity index (χ0v) is 37.1. The molecule has 0 aliphatic carbocycles. The third-order valence-corrected chi connectivity index (χ3v) is 15.4. The highest BCUT2D eigenvalue weighted by atomic mass is 32.2. The third-order valence-electron chi connectivity index (χ3n) is 9.74. The number of benzene rings is 2. The largest absolute Gasteiger partial charge is 0.492 e. The van der Waals surface area contributed by atoms with Crippen LogP contribution in [0.15, 0.2) is 42.5 Å². The van der Waals surface area contributed by atoms with Crippen LogP contribution in [0.4, 0.5) is 28.4 Å². The van der Waals surface area contributed by atoms with Crippen LogP contribution in [0.5, 0.6) is 5.75 Å². The molecule has 2 aromatic carbocycles. The predicted molar refractivity (Wildman–Crippen MR) is 218 cm³/mol. The maximum Gasteiger partial charge on any atom is 0.435 e. The third kappa shape index (κ3) is 12.3. The van der Waals surface area contributed by atoms with Crippen molar-refractivity contribution in [2.45, 2.75) is 129 Å². The number of aromatic nitrogens is 2. The van der Waals surface area contributed by atoms with E-state index in [0.717, 1.165) is 37.2 Å². The average molecular weight is 857 g/mol. The van der Waals surface area contributed by atoms with Gasteiger partial charge in [-0.15, -0.1) is 0 Å². The lowest BCUT2D eigenvalue weighted by Crippen LogP contribution is -2.45. The molecule has 324 valence electrons. The van der Waals surface area contributed by atoms with Gasteiger partial charge in [0.15, 0.2) is 20.2 Å². The number of sulfonamides is 1. The summed E-state index contributed by atoms with van der Waals surface area (Å²) in [7, 11) is -6.57. The summed E-state index contributed by atoms with van der Waals surface area (Å²) in [6.07, 6.45) is -4.83. The van der Waals surface area contributed by atoms with Crippen molar-refractivity contribution in [3.63, 3.8) is 0 Å². The first-order valence-corrected chi connectivity index (χ1v) is 24.1. The number of alkyl halides is 3. The zero-order valence-electron chi connectivity index (χ0n) is 35.3. The summed E-state index contributed by atoms with van der Waals surface area (Å²) in [5.41, 5.74) is -2.09. The second-order valence-electron chi connectivity index (χ2n) is 16.5. The highest BCUT2D eigenvalue weighted by Crippen LogP contribution is 2.38. The van der Waals surface area contributed by atoms with Gasteiger partial charge >= 0.3 is 18.4 Å². The molecule has 1 aromatic heterocycles. The quantitative estimate of drug-likeness (QED) is 0.136. The summed E-state index contributed by atoms with van der Waals surface area (Å²) >= 11 is 0. The normalized spacial score (nSPS) is 16.2. The number of nitrogens with zero attached hydrogens (tertiary/aromatic N) is 4. The van der Waals surface area contributed by atoms with E-state index in [4.69, 9.17) is 23.4 Å². The molecule has 1 unspecified atom stereocenters. The summed E-state index contributed by atoms with van der Waals surface area (Å²) in [6, 6.07) is 12.9. The second-order valence-corrected chi connectivity index (χ2v) is 23.1. The molecule has 18 heteroatoms. The zero-order chi connectivity index (χ0) is 43.3. The van der Waals surface area contributed by atoms with Gasteiger partial charge in [0.25, 0.3) is 0 Å². The number of anilines is 1. The van der Waals surface area contributed by atoms with Crippen molar-refractivity contribution in [1.82, 2.24) is 14.7 Å². The Morgan fingerprint density at radius 1 is 0.948 bits per heavy atom. The molecule has 4 rings (SSSR count). The second kappa shape index (κ2) is 18.6. The van der Waals surface area contributed by atoms with Crippen LogP contribution in [-0.2, 0) is 34.8 Å². The Bertz CT molecular complexity index is 1980. The molecule has 0 saturated carbocycles. The molecule has 1 fully saturated rings. The first-order chi connectivity index (χ1) is 26.9. The molecule has 0 radical (unpaired) electrons. The molecule has 1 aliphatic heterocycles. The molecule has 1 saturated heterocycles. The molecular formula is C40H59F3N4O9SSi. The topological polar surface area (TPSA) is 139 Å². The number of fused-ring (bicyclic) bond motifs is 1. The Kier molecular flexibility index (Phi) is 15.0. The molecule has 0 spiro atoms. The number of hydrogen-bond acceptors (Lipinski definition) is 10. The maximum atomic E-state index is 14.0.